The Morgan fingerprint density at radius 2 is 1.85 bits per heavy atom. The van der Waals surface area contributed by atoms with E-state index >= 15 is 0 Å². The number of likely N-dealkylation sites (N-methyl/N-ethyl adjacent to an activating group) is 1. The minimum absolute atomic E-state index is 0.0279. The van der Waals surface area contributed by atoms with Crippen LogP contribution in [0.3, 0.4) is 0 Å². The summed E-state index contributed by atoms with van der Waals surface area (Å²) in [6.07, 6.45) is 0. The molecule has 7 nitrogen and oxygen atoms in total. The number of carbonyl (C=O) groups is 1. The summed E-state index contributed by atoms with van der Waals surface area (Å²) in [6.45, 7) is 2.12. The molecule has 3 N–H and O–H groups in total. The molecule has 0 radical (unpaired) electrons. The van der Waals surface area contributed by atoms with Crippen LogP contribution in [0, 0.1) is 0 Å². The highest BCUT2D eigenvalue weighted by Gasteiger charge is 2.29. The Balaban J connectivity index is 2.32. The SMILES string of the molecule is CN1CCN(S(=O)(=O)c2ccc(C(=O)O)cc2N)CC1. The van der Waals surface area contributed by atoms with E-state index in [2.05, 4.69) is 0 Å². The summed E-state index contributed by atoms with van der Waals surface area (Å²) in [4.78, 5) is 12.8. The normalized spacial score (nSPS) is 18.1. The Morgan fingerprint density at radius 3 is 2.35 bits per heavy atom. The number of rotatable bonds is 3. The molecule has 1 heterocycles. The maximum Gasteiger partial charge on any atom is 0.335 e. The largest absolute Gasteiger partial charge is 0.478 e. The third kappa shape index (κ3) is 2.77. The monoisotopic (exact) mass is 299 g/mol. The number of piperazine rings is 1. The number of hydrogen-bond donors (Lipinski definition) is 2. The lowest BCUT2D eigenvalue weighted by atomic mass is 10.2. The fourth-order valence-corrected chi connectivity index (χ4v) is 3.60. The number of anilines is 1. The fourth-order valence-electron chi connectivity index (χ4n) is 2.08. The molecule has 110 valence electrons. The van der Waals surface area contributed by atoms with Gasteiger partial charge >= 0.3 is 5.97 Å². The summed E-state index contributed by atoms with van der Waals surface area (Å²) in [5.74, 6) is -1.14. The highest BCUT2D eigenvalue weighted by atomic mass is 32.2. The second kappa shape index (κ2) is 5.39. The van der Waals surface area contributed by atoms with Crippen molar-refractivity contribution in [3.63, 3.8) is 0 Å². The first kappa shape index (κ1) is 14.8. The Kier molecular flexibility index (Phi) is 3.98. The molecule has 0 atom stereocenters. The van der Waals surface area contributed by atoms with E-state index in [9.17, 15) is 13.2 Å². The van der Waals surface area contributed by atoms with Gasteiger partial charge in [-0.1, -0.05) is 0 Å². The van der Waals surface area contributed by atoms with Gasteiger partial charge in [-0.05, 0) is 25.2 Å². The van der Waals surface area contributed by atoms with Crippen LogP contribution in [0.5, 0.6) is 0 Å². The lowest BCUT2D eigenvalue weighted by Gasteiger charge is -2.31. The predicted octanol–water partition coefficient (Wildman–Crippen LogP) is -0.0969. The van der Waals surface area contributed by atoms with Crippen LogP contribution >= 0.6 is 0 Å². The fraction of sp³-hybridized carbons (Fsp3) is 0.417. The average molecular weight is 299 g/mol. The van der Waals surface area contributed by atoms with Crippen LogP contribution in [-0.2, 0) is 10.0 Å². The number of nitrogen functional groups attached to an aromatic ring is 1. The zero-order valence-electron chi connectivity index (χ0n) is 11.1. The second-order valence-electron chi connectivity index (χ2n) is 4.77. The molecule has 0 saturated carbocycles. The van der Waals surface area contributed by atoms with Gasteiger partial charge in [-0.25, -0.2) is 13.2 Å². The summed E-state index contributed by atoms with van der Waals surface area (Å²) >= 11 is 0. The standard InChI is InChI=1S/C12H17N3O4S/c1-14-4-6-15(7-5-14)20(18,19)11-3-2-9(12(16)17)8-10(11)13/h2-3,8H,4-7,13H2,1H3,(H,16,17). The number of benzene rings is 1. The quantitative estimate of drug-likeness (QED) is 0.756. The molecular weight excluding hydrogens is 282 g/mol. The van der Waals surface area contributed by atoms with Gasteiger partial charge in [0.2, 0.25) is 10.0 Å². The van der Waals surface area contributed by atoms with E-state index in [1.165, 1.54) is 22.5 Å². The molecule has 1 fully saturated rings. The number of aromatic carboxylic acids is 1. The lowest BCUT2D eigenvalue weighted by molar-refractivity contribution is 0.0697. The number of sulfonamides is 1. The van der Waals surface area contributed by atoms with Crippen LogP contribution in [0.15, 0.2) is 23.1 Å². The molecule has 2 rings (SSSR count). The molecule has 0 aliphatic carbocycles. The van der Waals surface area contributed by atoms with Crippen molar-refractivity contribution >= 4 is 21.7 Å². The zero-order chi connectivity index (χ0) is 14.9. The minimum atomic E-state index is -3.67. The van der Waals surface area contributed by atoms with E-state index in [4.69, 9.17) is 10.8 Å². The van der Waals surface area contributed by atoms with Crippen molar-refractivity contribution in [2.24, 2.45) is 0 Å². The van der Waals surface area contributed by atoms with Gasteiger partial charge in [-0.3, -0.25) is 0 Å². The topological polar surface area (TPSA) is 104 Å². The molecule has 0 bridgehead atoms. The molecular formula is C12H17N3O4S. The van der Waals surface area contributed by atoms with Crippen LogP contribution in [0.4, 0.5) is 5.69 Å². The number of nitrogens with two attached hydrogens (primary N) is 1. The zero-order valence-corrected chi connectivity index (χ0v) is 11.9. The van der Waals surface area contributed by atoms with Crippen molar-refractivity contribution in [3.8, 4) is 0 Å². The van der Waals surface area contributed by atoms with Crippen molar-refractivity contribution < 1.29 is 18.3 Å². The van der Waals surface area contributed by atoms with E-state index in [-0.39, 0.29) is 16.1 Å². The van der Waals surface area contributed by atoms with Crippen molar-refractivity contribution in [1.82, 2.24) is 9.21 Å². The van der Waals surface area contributed by atoms with Crippen molar-refractivity contribution in [2.45, 2.75) is 4.90 Å². The van der Waals surface area contributed by atoms with Gasteiger partial charge in [0, 0.05) is 26.2 Å². The molecule has 1 saturated heterocycles. The van der Waals surface area contributed by atoms with Gasteiger partial charge in [0.05, 0.1) is 11.3 Å². The average Bonchev–Trinajstić information content (AvgIpc) is 2.38. The number of carboxylic acids is 1. The maximum atomic E-state index is 12.5. The molecule has 0 aromatic heterocycles. The molecule has 1 aliphatic heterocycles. The van der Waals surface area contributed by atoms with E-state index in [0.717, 1.165) is 0 Å². The predicted molar refractivity (Wildman–Crippen MR) is 74.1 cm³/mol. The molecule has 1 aliphatic rings. The van der Waals surface area contributed by atoms with Gasteiger partial charge in [-0.15, -0.1) is 0 Å². The molecule has 1 aromatic rings. The van der Waals surface area contributed by atoms with Gasteiger partial charge in [0.1, 0.15) is 4.90 Å². The highest BCUT2D eigenvalue weighted by Crippen LogP contribution is 2.24. The van der Waals surface area contributed by atoms with Crippen LogP contribution in [0.25, 0.3) is 0 Å². The lowest BCUT2D eigenvalue weighted by Crippen LogP contribution is -2.47. The molecule has 0 amide bonds. The highest BCUT2D eigenvalue weighted by molar-refractivity contribution is 7.89. The molecule has 1 aromatic carbocycles. The van der Waals surface area contributed by atoms with Gasteiger partial charge in [0.15, 0.2) is 0 Å². The van der Waals surface area contributed by atoms with Crippen molar-refractivity contribution in [1.29, 1.82) is 0 Å². The maximum absolute atomic E-state index is 12.5. The molecule has 8 heteroatoms. The summed E-state index contributed by atoms with van der Waals surface area (Å²) in [5.41, 5.74) is 5.63. The molecule has 0 spiro atoms. The summed E-state index contributed by atoms with van der Waals surface area (Å²) in [7, 11) is -1.74. The first-order chi connectivity index (χ1) is 9.32. The smallest absolute Gasteiger partial charge is 0.335 e. The number of nitrogens with zero attached hydrogens (tertiary/aromatic N) is 2. The van der Waals surface area contributed by atoms with Gasteiger partial charge in [0.25, 0.3) is 0 Å². The molecule has 0 unspecified atom stereocenters. The first-order valence-electron chi connectivity index (χ1n) is 6.14. The van der Waals surface area contributed by atoms with Crippen molar-refractivity contribution in [2.75, 3.05) is 39.0 Å². The van der Waals surface area contributed by atoms with E-state index in [1.54, 1.807) is 0 Å². The summed E-state index contributed by atoms with van der Waals surface area (Å²) in [5, 5.41) is 8.86. The van der Waals surface area contributed by atoms with E-state index in [1.807, 2.05) is 11.9 Å². The minimum Gasteiger partial charge on any atom is -0.478 e. The van der Waals surface area contributed by atoms with Crippen LogP contribution in [-0.4, -0.2) is 61.9 Å². The Hall–Kier alpha value is -1.64. The van der Waals surface area contributed by atoms with Crippen LogP contribution in [0.1, 0.15) is 10.4 Å². The Labute approximate surface area is 117 Å². The third-order valence-corrected chi connectivity index (χ3v) is 5.31. The van der Waals surface area contributed by atoms with E-state index in [0.29, 0.717) is 26.2 Å². The summed E-state index contributed by atoms with van der Waals surface area (Å²) in [6, 6.07) is 3.68. The van der Waals surface area contributed by atoms with Crippen LogP contribution < -0.4 is 5.73 Å². The van der Waals surface area contributed by atoms with E-state index < -0.39 is 16.0 Å². The van der Waals surface area contributed by atoms with Gasteiger partial charge < -0.3 is 15.7 Å². The second-order valence-corrected chi connectivity index (χ2v) is 6.67. The Morgan fingerprint density at radius 1 is 1.25 bits per heavy atom. The third-order valence-electron chi connectivity index (χ3n) is 3.34. The number of hydrogen-bond acceptors (Lipinski definition) is 5. The summed E-state index contributed by atoms with van der Waals surface area (Å²) < 4.78 is 26.3. The van der Waals surface area contributed by atoms with Gasteiger partial charge in [-0.2, -0.15) is 4.31 Å². The molecule has 20 heavy (non-hydrogen) atoms. The Bertz CT molecular complexity index is 622. The number of carboxylic acid groups (broad SMARTS) is 1. The first-order valence-corrected chi connectivity index (χ1v) is 7.58. The van der Waals surface area contributed by atoms with Crippen LogP contribution in [0.2, 0.25) is 0 Å². The van der Waals surface area contributed by atoms with Crippen molar-refractivity contribution in [3.05, 3.63) is 23.8 Å².